The third kappa shape index (κ3) is 2.71. The molecular weight excluding hydrogens is 256 g/mol. The molecule has 3 heteroatoms. The minimum Gasteiger partial charge on any atom is -0.423 e. The van der Waals surface area contributed by atoms with Gasteiger partial charge in [-0.25, -0.2) is 4.79 Å². The van der Waals surface area contributed by atoms with E-state index in [9.17, 15) is 4.79 Å². The van der Waals surface area contributed by atoms with Crippen LogP contribution in [0.15, 0.2) is 74.8 Å². The summed E-state index contributed by atoms with van der Waals surface area (Å²) in [5, 5.41) is 1.01. The lowest BCUT2D eigenvalue weighted by atomic mass is 10.1. The zero-order valence-electron chi connectivity index (χ0n) is 10.2. The summed E-state index contributed by atoms with van der Waals surface area (Å²) >= 11 is 1.72. The van der Waals surface area contributed by atoms with Crippen molar-refractivity contribution in [1.29, 1.82) is 0 Å². The molecule has 0 aliphatic heterocycles. The van der Waals surface area contributed by atoms with Crippen molar-refractivity contribution in [1.82, 2.24) is 0 Å². The van der Waals surface area contributed by atoms with Crippen LogP contribution in [0.3, 0.4) is 0 Å². The number of para-hydroxylation sites is 1. The first kappa shape index (κ1) is 12.1. The molecule has 2 aromatic carbocycles. The molecular formula is C16H12O2S. The molecule has 0 radical (unpaired) electrons. The van der Waals surface area contributed by atoms with E-state index in [2.05, 4.69) is 12.1 Å². The third-order valence-corrected chi connectivity index (χ3v) is 3.93. The predicted octanol–water partition coefficient (Wildman–Crippen LogP) is 4.09. The summed E-state index contributed by atoms with van der Waals surface area (Å²) in [4.78, 5) is 12.7. The molecule has 0 amide bonds. The van der Waals surface area contributed by atoms with Crippen LogP contribution >= 0.6 is 11.8 Å². The Morgan fingerprint density at radius 1 is 0.947 bits per heavy atom. The Bertz CT molecular complexity index is 747. The first-order chi connectivity index (χ1) is 9.33. The predicted molar refractivity (Wildman–Crippen MR) is 78.5 cm³/mol. The van der Waals surface area contributed by atoms with Crippen LogP contribution < -0.4 is 5.63 Å². The Hall–Kier alpha value is -2.00. The molecule has 1 heterocycles. The van der Waals surface area contributed by atoms with Crippen molar-refractivity contribution >= 4 is 22.7 Å². The van der Waals surface area contributed by atoms with Gasteiger partial charge in [-0.05, 0) is 23.8 Å². The highest BCUT2D eigenvalue weighted by atomic mass is 32.2. The van der Waals surface area contributed by atoms with Gasteiger partial charge in [0.1, 0.15) is 5.58 Å². The quantitative estimate of drug-likeness (QED) is 0.529. The van der Waals surface area contributed by atoms with E-state index in [1.54, 1.807) is 17.8 Å². The molecule has 2 nitrogen and oxygen atoms in total. The van der Waals surface area contributed by atoms with E-state index in [1.165, 1.54) is 4.90 Å². The lowest BCUT2D eigenvalue weighted by molar-refractivity contribution is 0.559. The van der Waals surface area contributed by atoms with Gasteiger partial charge < -0.3 is 4.42 Å². The second-order valence-electron chi connectivity index (χ2n) is 4.19. The highest BCUT2D eigenvalue weighted by Gasteiger charge is 2.05. The van der Waals surface area contributed by atoms with Crippen molar-refractivity contribution in [2.75, 3.05) is 0 Å². The Morgan fingerprint density at radius 3 is 2.53 bits per heavy atom. The molecule has 1 aromatic heterocycles. The largest absolute Gasteiger partial charge is 0.423 e. The lowest BCUT2D eigenvalue weighted by Gasteiger charge is -2.05. The van der Waals surface area contributed by atoms with Crippen LogP contribution in [0.1, 0.15) is 5.56 Å². The summed E-state index contributed by atoms with van der Waals surface area (Å²) in [5.74, 6) is 0.760. The Labute approximate surface area is 115 Å². The number of benzene rings is 2. The van der Waals surface area contributed by atoms with Crippen molar-refractivity contribution < 1.29 is 4.42 Å². The average molecular weight is 268 g/mol. The molecule has 0 spiro atoms. The van der Waals surface area contributed by atoms with Gasteiger partial charge in [0.15, 0.2) is 0 Å². The molecule has 0 unspecified atom stereocenters. The zero-order chi connectivity index (χ0) is 13.1. The fourth-order valence-electron chi connectivity index (χ4n) is 1.98. The molecule has 19 heavy (non-hydrogen) atoms. The van der Waals surface area contributed by atoms with Crippen LogP contribution in [-0.4, -0.2) is 0 Å². The highest BCUT2D eigenvalue weighted by Crippen LogP contribution is 2.25. The monoisotopic (exact) mass is 268 g/mol. The average Bonchev–Trinajstić information content (AvgIpc) is 2.45. The van der Waals surface area contributed by atoms with Gasteiger partial charge in [0.25, 0.3) is 0 Å². The third-order valence-electron chi connectivity index (χ3n) is 2.87. The minimum absolute atomic E-state index is 0.289. The molecule has 0 aliphatic carbocycles. The molecule has 0 aliphatic rings. The van der Waals surface area contributed by atoms with E-state index in [1.807, 2.05) is 42.5 Å². The molecule has 0 saturated carbocycles. The van der Waals surface area contributed by atoms with Crippen LogP contribution in [0.5, 0.6) is 0 Å². The molecule has 0 saturated heterocycles. The van der Waals surface area contributed by atoms with Gasteiger partial charge in [-0.3, -0.25) is 0 Å². The normalized spacial score (nSPS) is 10.7. The minimum atomic E-state index is -0.289. The maximum atomic E-state index is 11.5. The van der Waals surface area contributed by atoms with Gasteiger partial charge in [0.2, 0.25) is 0 Å². The van der Waals surface area contributed by atoms with E-state index < -0.39 is 0 Å². The van der Waals surface area contributed by atoms with Crippen molar-refractivity contribution in [2.24, 2.45) is 0 Å². The van der Waals surface area contributed by atoms with Crippen LogP contribution in [0.2, 0.25) is 0 Å². The van der Waals surface area contributed by atoms with Gasteiger partial charge in [0, 0.05) is 22.1 Å². The van der Waals surface area contributed by atoms with Crippen molar-refractivity contribution in [3.8, 4) is 0 Å². The van der Waals surface area contributed by atoms with E-state index in [-0.39, 0.29) is 5.63 Å². The van der Waals surface area contributed by atoms with E-state index in [0.717, 1.165) is 16.7 Å². The van der Waals surface area contributed by atoms with Crippen LogP contribution in [0.4, 0.5) is 0 Å². The fraction of sp³-hybridized carbons (Fsp3) is 0.0625. The molecule has 0 N–H and O–H groups in total. The van der Waals surface area contributed by atoms with E-state index >= 15 is 0 Å². The standard InChI is InChI=1S/C16H12O2S/c17-16-10-12(11-19-13-6-2-1-3-7-13)14-8-4-5-9-15(14)18-16/h1-10H,11H2. The second kappa shape index (κ2) is 5.33. The van der Waals surface area contributed by atoms with Gasteiger partial charge in [-0.1, -0.05) is 36.4 Å². The number of rotatable bonds is 3. The summed E-state index contributed by atoms with van der Waals surface area (Å²) in [7, 11) is 0. The summed E-state index contributed by atoms with van der Waals surface area (Å²) in [5.41, 5.74) is 1.38. The van der Waals surface area contributed by atoms with Crippen molar-refractivity contribution in [3.05, 3.63) is 76.6 Å². The van der Waals surface area contributed by atoms with Crippen molar-refractivity contribution in [2.45, 2.75) is 10.6 Å². The van der Waals surface area contributed by atoms with Gasteiger partial charge >= 0.3 is 5.63 Å². The van der Waals surface area contributed by atoms with Gasteiger partial charge in [0.05, 0.1) is 0 Å². The Balaban J connectivity index is 1.94. The number of thioether (sulfide) groups is 1. The maximum absolute atomic E-state index is 11.5. The van der Waals surface area contributed by atoms with Gasteiger partial charge in [-0.15, -0.1) is 11.8 Å². The van der Waals surface area contributed by atoms with Crippen LogP contribution in [-0.2, 0) is 5.75 Å². The van der Waals surface area contributed by atoms with E-state index in [4.69, 9.17) is 4.42 Å². The number of hydrogen-bond acceptors (Lipinski definition) is 3. The number of fused-ring (bicyclic) bond motifs is 1. The maximum Gasteiger partial charge on any atom is 0.336 e. The molecule has 0 atom stereocenters. The SMILES string of the molecule is O=c1cc(CSc2ccccc2)c2ccccc2o1. The first-order valence-corrected chi connectivity index (χ1v) is 7.01. The van der Waals surface area contributed by atoms with Crippen LogP contribution in [0, 0.1) is 0 Å². The van der Waals surface area contributed by atoms with Gasteiger partial charge in [-0.2, -0.15) is 0 Å². The molecule has 94 valence electrons. The fourth-order valence-corrected chi connectivity index (χ4v) is 2.89. The Kier molecular flexibility index (Phi) is 3.38. The first-order valence-electron chi connectivity index (χ1n) is 6.02. The highest BCUT2D eigenvalue weighted by molar-refractivity contribution is 7.98. The smallest absolute Gasteiger partial charge is 0.336 e. The summed E-state index contributed by atoms with van der Waals surface area (Å²) in [6.07, 6.45) is 0. The summed E-state index contributed by atoms with van der Waals surface area (Å²) in [6.45, 7) is 0. The second-order valence-corrected chi connectivity index (χ2v) is 5.24. The molecule has 0 fully saturated rings. The molecule has 0 bridgehead atoms. The molecule has 3 rings (SSSR count). The topological polar surface area (TPSA) is 30.2 Å². The lowest BCUT2D eigenvalue weighted by Crippen LogP contribution is -1.99. The summed E-state index contributed by atoms with van der Waals surface area (Å²) in [6, 6.07) is 19.4. The molecule has 3 aromatic rings. The van der Waals surface area contributed by atoms with Crippen LogP contribution in [0.25, 0.3) is 11.0 Å². The Morgan fingerprint density at radius 2 is 1.68 bits per heavy atom. The van der Waals surface area contributed by atoms with E-state index in [0.29, 0.717) is 5.58 Å². The van der Waals surface area contributed by atoms with Crippen molar-refractivity contribution in [3.63, 3.8) is 0 Å². The number of hydrogen-bond donors (Lipinski definition) is 0. The zero-order valence-corrected chi connectivity index (χ0v) is 11.0. The summed E-state index contributed by atoms with van der Waals surface area (Å²) < 4.78 is 5.19.